The first-order valence-electron chi connectivity index (χ1n) is 6.82. The summed E-state index contributed by atoms with van der Waals surface area (Å²) in [5.74, 6) is 0.982. The van der Waals surface area contributed by atoms with E-state index in [2.05, 4.69) is 9.97 Å². The van der Waals surface area contributed by atoms with E-state index < -0.39 is 0 Å². The van der Waals surface area contributed by atoms with Crippen molar-refractivity contribution in [1.29, 1.82) is 5.41 Å². The molecule has 0 unspecified atom stereocenters. The van der Waals surface area contributed by atoms with Gasteiger partial charge in [-0.1, -0.05) is 0 Å². The standard InChI is InChI=1S/C15H12N4S3/c1-8-12(21-13(18-8)9-3-2-5-17-7-9)14-19-11-10(16)4-6-20-15(11)22-14/h2-3,5,7,16H,4,6H2,1H3. The van der Waals surface area contributed by atoms with Crippen LogP contribution in [0.3, 0.4) is 0 Å². The third-order valence-electron chi connectivity index (χ3n) is 3.37. The Morgan fingerprint density at radius 3 is 2.86 bits per heavy atom. The van der Waals surface area contributed by atoms with E-state index in [1.165, 1.54) is 4.21 Å². The van der Waals surface area contributed by atoms with Crippen molar-refractivity contribution in [3.63, 3.8) is 0 Å². The van der Waals surface area contributed by atoms with Crippen LogP contribution in [-0.4, -0.2) is 26.4 Å². The predicted octanol–water partition coefficient (Wildman–Crippen LogP) is 4.50. The molecular formula is C15H12N4S3. The molecule has 0 saturated carbocycles. The van der Waals surface area contributed by atoms with Gasteiger partial charge in [-0.15, -0.1) is 34.4 Å². The molecule has 4 nitrogen and oxygen atoms in total. The normalized spacial score (nSPS) is 14.1. The van der Waals surface area contributed by atoms with Crippen LogP contribution in [0.1, 0.15) is 17.8 Å². The molecule has 3 aromatic rings. The molecule has 0 fully saturated rings. The van der Waals surface area contributed by atoms with Crippen LogP contribution in [0.15, 0.2) is 28.7 Å². The lowest BCUT2D eigenvalue weighted by atomic mass is 10.2. The van der Waals surface area contributed by atoms with Gasteiger partial charge in [-0.2, -0.15) is 0 Å². The quantitative estimate of drug-likeness (QED) is 0.743. The van der Waals surface area contributed by atoms with Gasteiger partial charge in [-0.05, 0) is 19.1 Å². The fourth-order valence-electron chi connectivity index (χ4n) is 2.26. The van der Waals surface area contributed by atoms with Crippen molar-refractivity contribution in [3.8, 4) is 20.5 Å². The van der Waals surface area contributed by atoms with Gasteiger partial charge >= 0.3 is 0 Å². The van der Waals surface area contributed by atoms with Crippen LogP contribution >= 0.6 is 34.4 Å². The molecule has 0 saturated heterocycles. The van der Waals surface area contributed by atoms with Crippen LogP contribution in [0, 0.1) is 12.3 Å². The van der Waals surface area contributed by atoms with E-state index in [0.29, 0.717) is 5.71 Å². The SMILES string of the molecule is Cc1nc(-c2cccnc2)sc1-c1nc2c(s1)SCCC2=N. The largest absolute Gasteiger partial charge is 0.303 e. The lowest BCUT2D eigenvalue weighted by molar-refractivity contribution is 1.17. The van der Waals surface area contributed by atoms with Crippen LogP contribution in [0.25, 0.3) is 20.5 Å². The molecule has 0 atom stereocenters. The molecule has 1 aliphatic rings. The zero-order chi connectivity index (χ0) is 15.1. The summed E-state index contributed by atoms with van der Waals surface area (Å²) < 4.78 is 1.17. The fourth-order valence-corrected chi connectivity index (χ4v) is 5.79. The van der Waals surface area contributed by atoms with Crippen molar-refractivity contribution in [2.75, 3.05) is 5.75 Å². The first kappa shape index (κ1) is 14.0. The average Bonchev–Trinajstić information content (AvgIpc) is 3.12. The van der Waals surface area contributed by atoms with Gasteiger partial charge in [-0.3, -0.25) is 4.98 Å². The molecule has 1 N–H and O–H groups in total. The van der Waals surface area contributed by atoms with Crippen molar-refractivity contribution < 1.29 is 0 Å². The molecule has 3 aromatic heterocycles. The van der Waals surface area contributed by atoms with Crippen LogP contribution < -0.4 is 0 Å². The second-order valence-corrected chi connectivity index (χ2v) is 8.27. The Balaban J connectivity index is 1.78. The fraction of sp³-hybridized carbons (Fsp3) is 0.200. The zero-order valence-electron chi connectivity index (χ0n) is 11.8. The number of rotatable bonds is 2. The molecule has 0 spiro atoms. The highest BCUT2D eigenvalue weighted by Gasteiger charge is 2.23. The van der Waals surface area contributed by atoms with Gasteiger partial charge in [0.15, 0.2) is 0 Å². The maximum atomic E-state index is 8.05. The number of nitrogens with zero attached hydrogens (tertiary/aromatic N) is 3. The molecule has 4 heterocycles. The monoisotopic (exact) mass is 344 g/mol. The molecular weight excluding hydrogens is 332 g/mol. The van der Waals surface area contributed by atoms with E-state index >= 15 is 0 Å². The van der Waals surface area contributed by atoms with Gasteiger partial charge in [0.2, 0.25) is 0 Å². The first-order chi connectivity index (χ1) is 10.7. The molecule has 1 aliphatic heterocycles. The molecule has 0 amide bonds. The molecule has 0 bridgehead atoms. The number of aryl methyl sites for hydroxylation is 1. The summed E-state index contributed by atoms with van der Waals surface area (Å²) in [6.07, 6.45) is 4.41. The first-order valence-corrected chi connectivity index (χ1v) is 9.44. The summed E-state index contributed by atoms with van der Waals surface area (Å²) in [4.78, 5) is 14.6. The molecule has 22 heavy (non-hydrogen) atoms. The van der Waals surface area contributed by atoms with Crippen LogP contribution in [0.4, 0.5) is 0 Å². The van der Waals surface area contributed by atoms with E-state index in [-0.39, 0.29) is 0 Å². The molecule has 4 rings (SSSR count). The van der Waals surface area contributed by atoms with Crippen LogP contribution in [0.2, 0.25) is 0 Å². The van der Waals surface area contributed by atoms with Crippen molar-refractivity contribution in [1.82, 2.24) is 15.0 Å². The van der Waals surface area contributed by atoms with Gasteiger partial charge in [0.1, 0.15) is 15.7 Å². The Morgan fingerprint density at radius 1 is 1.18 bits per heavy atom. The minimum atomic E-state index is 0.658. The summed E-state index contributed by atoms with van der Waals surface area (Å²) in [7, 11) is 0. The van der Waals surface area contributed by atoms with E-state index in [0.717, 1.165) is 44.0 Å². The lowest BCUT2D eigenvalue weighted by Gasteiger charge is -2.08. The summed E-state index contributed by atoms with van der Waals surface area (Å²) in [6.45, 7) is 2.02. The highest BCUT2D eigenvalue weighted by atomic mass is 32.2. The highest BCUT2D eigenvalue weighted by Crippen LogP contribution is 2.42. The topological polar surface area (TPSA) is 62.5 Å². The molecule has 0 aliphatic carbocycles. The summed E-state index contributed by atoms with van der Waals surface area (Å²) in [5.41, 5.74) is 3.55. The number of pyridine rings is 1. The van der Waals surface area contributed by atoms with Gasteiger partial charge in [0.25, 0.3) is 0 Å². The Kier molecular flexibility index (Phi) is 3.56. The number of aromatic nitrogens is 3. The Hall–Kier alpha value is -1.57. The predicted molar refractivity (Wildman–Crippen MR) is 93.4 cm³/mol. The summed E-state index contributed by atoms with van der Waals surface area (Å²) in [5, 5.41) is 10.00. The number of thiazole rings is 2. The van der Waals surface area contributed by atoms with Gasteiger partial charge in [-0.25, -0.2) is 9.97 Å². The second-order valence-electron chi connectivity index (χ2n) is 4.91. The van der Waals surface area contributed by atoms with E-state index in [1.54, 1.807) is 40.6 Å². The zero-order valence-corrected chi connectivity index (χ0v) is 14.2. The van der Waals surface area contributed by atoms with E-state index in [4.69, 9.17) is 10.4 Å². The van der Waals surface area contributed by atoms with Crippen molar-refractivity contribution in [2.24, 2.45) is 0 Å². The smallest absolute Gasteiger partial charge is 0.137 e. The lowest BCUT2D eigenvalue weighted by Crippen LogP contribution is -2.06. The number of nitrogens with one attached hydrogen (secondary N) is 1. The van der Waals surface area contributed by atoms with Gasteiger partial charge < -0.3 is 5.41 Å². The maximum Gasteiger partial charge on any atom is 0.137 e. The third kappa shape index (κ3) is 2.39. The summed E-state index contributed by atoms with van der Waals surface area (Å²) in [6, 6.07) is 3.94. The Labute approximate surface area is 140 Å². The molecule has 0 aromatic carbocycles. The van der Waals surface area contributed by atoms with Gasteiger partial charge in [0, 0.05) is 30.1 Å². The van der Waals surface area contributed by atoms with Gasteiger partial charge in [0.05, 0.1) is 20.5 Å². The van der Waals surface area contributed by atoms with E-state index in [1.807, 2.05) is 25.3 Å². The molecule has 0 radical (unpaired) electrons. The molecule has 7 heteroatoms. The van der Waals surface area contributed by atoms with Crippen molar-refractivity contribution in [2.45, 2.75) is 17.6 Å². The number of hydrogen-bond donors (Lipinski definition) is 1. The van der Waals surface area contributed by atoms with Crippen LogP contribution in [-0.2, 0) is 0 Å². The van der Waals surface area contributed by atoms with Crippen molar-refractivity contribution >= 4 is 40.1 Å². The number of hydrogen-bond acceptors (Lipinski definition) is 7. The average molecular weight is 344 g/mol. The van der Waals surface area contributed by atoms with Crippen molar-refractivity contribution in [3.05, 3.63) is 35.9 Å². The number of fused-ring (bicyclic) bond motifs is 1. The highest BCUT2D eigenvalue weighted by molar-refractivity contribution is 8.01. The molecule has 110 valence electrons. The van der Waals surface area contributed by atoms with Crippen LogP contribution in [0.5, 0.6) is 0 Å². The maximum absolute atomic E-state index is 8.05. The Bertz CT molecular complexity index is 851. The minimum absolute atomic E-state index is 0.658. The minimum Gasteiger partial charge on any atom is -0.303 e. The second kappa shape index (κ2) is 5.57. The Morgan fingerprint density at radius 2 is 2.09 bits per heavy atom. The third-order valence-corrected chi connectivity index (χ3v) is 7.04. The summed E-state index contributed by atoms with van der Waals surface area (Å²) >= 11 is 5.13. The van der Waals surface area contributed by atoms with E-state index in [9.17, 15) is 0 Å². The number of thioether (sulfide) groups is 1.